The summed E-state index contributed by atoms with van der Waals surface area (Å²) in [7, 11) is 0. The zero-order chi connectivity index (χ0) is 16.3. The molecular weight excluding hydrogens is 314 g/mol. The van der Waals surface area contributed by atoms with E-state index in [-0.39, 0.29) is 11.4 Å². The Morgan fingerprint density at radius 2 is 1.83 bits per heavy atom. The van der Waals surface area contributed by atoms with Crippen molar-refractivity contribution in [2.24, 2.45) is 4.99 Å². The second-order valence-corrected chi connectivity index (χ2v) is 5.32. The summed E-state index contributed by atoms with van der Waals surface area (Å²) < 4.78 is 30.3. The highest BCUT2D eigenvalue weighted by Crippen LogP contribution is 2.38. The van der Waals surface area contributed by atoms with E-state index in [4.69, 9.17) is 0 Å². The second-order valence-electron chi connectivity index (χ2n) is 5.32. The Bertz CT molecular complexity index is 1070. The van der Waals surface area contributed by atoms with Gasteiger partial charge < -0.3 is 0 Å². The maximum atomic E-state index is 14.4. The SMILES string of the molecule is Fc1cccc(F)c1C1=Nc2cn[nH]c2-c2nnc3cccn1c2-3. The van der Waals surface area contributed by atoms with Gasteiger partial charge in [0.1, 0.15) is 40.1 Å². The summed E-state index contributed by atoms with van der Waals surface area (Å²) in [6.07, 6.45) is 3.17. The first-order valence-corrected chi connectivity index (χ1v) is 7.15. The minimum absolute atomic E-state index is 0.118. The fourth-order valence-electron chi connectivity index (χ4n) is 2.90. The summed E-state index contributed by atoms with van der Waals surface area (Å²) in [4.78, 5) is 4.44. The first kappa shape index (κ1) is 13.1. The Morgan fingerprint density at radius 1 is 1.00 bits per heavy atom. The number of aromatic nitrogens is 5. The molecule has 1 N–H and O–H groups in total. The summed E-state index contributed by atoms with van der Waals surface area (Å²) in [6.45, 7) is 0. The van der Waals surface area contributed by atoms with Crippen LogP contribution in [0.15, 0.2) is 47.7 Å². The molecule has 5 rings (SSSR count). The predicted molar refractivity (Wildman–Crippen MR) is 82.2 cm³/mol. The van der Waals surface area contributed by atoms with Crippen molar-refractivity contribution < 1.29 is 8.78 Å². The molecule has 116 valence electrons. The highest BCUT2D eigenvalue weighted by Gasteiger charge is 2.29. The average molecular weight is 322 g/mol. The van der Waals surface area contributed by atoms with E-state index in [1.165, 1.54) is 24.4 Å². The third-order valence-electron chi connectivity index (χ3n) is 3.95. The minimum atomic E-state index is -0.695. The lowest BCUT2D eigenvalue weighted by atomic mass is 10.1. The van der Waals surface area contributed by atoms with Crippen LogP contribution in [0.4, 0.5) is 14.5 Å². The van der Waals surface area contributed by atoms with Crippen molar-refractivity contribution >= 4 is 11.5 Å². The number of hydrogen-bond donors (Lipinski definition) is 1. The second kappa shape index (κ2) is 4.54. The van der Waals surface area contributed by atoms with E-state index in [1.807, 2.05) is 0 Å². The van der Waals surface area contributed by atoms with Gasteiger partial charge in [-0.1, -0.05) is 6.07 Å². The van der Waals surface area contributed by atoms with Crippen molar-refractivity contribution in [3.05, 3.63) is 59.9 Å². The van der Waals surface area contributed by atoms with Crippen molar-refractivity contribution in [3.8, 4) is 22.8 Å². The van der Waals surface area contributed by atoms with Gasteiger partial charge in [-0.25, -0.2) is 13.8 Å². The number of hydrogen-bond acceptors (Lipinski definition) is 4. The van der Waals surface area contributed by atoms with Crippen LogP contribution < -0.4 is 0 Å². The summed E-state index contributed by atoms with van der Waals surface area (Å²) >= 11 is 0. The van der Waals surface area contributed by atoms with Gasteiger partial charge in [0.05, 0.1) is 11.8 Å². The highest BCUT2D eigenvalue weighted by atomic mass is 19.1. The van der Waals surface area contributed by atoms with Crippen molar-refractivity contribution in [2.75, 3.05) is 0 Å². The third kappa shape index (κ3) is 1.62. The quantitative estimate of drug-likeness (QED) is 0.516. The molecule has 0 bridgehead atoms. The molecule has 2 aromatic rings. The van der Waals surface area contributed by atoms with Crippen LogP contribution in [0.1, 0.15) is 5.56 Å². The molecule has 3 aliphatic heterocycles. The van der Waals surface area contributed by atoms with Gasteiger partial charge in [-0.3, -0.25) is 9.67 Å². The van der Waals surface area contributed by atoms with Gasteiger partial charge >= 0.3 is 0 Å². The van der Waals surface area contributed by atoms with E-state index < -0.39 is 11.6 Å². The van der Waals surface area contributed by atoms with Crippen LogP contribution in [-0.2, 0) is 0 Å². The summed E-state index contributed by atoms with van der Waals surface area (Å²) in [5.74, 6) is -1.27. The van der Waals surface area contributed by atoms with Crippen LogP contribution in [0.2, 0.25) is 0 Å². The Hall–Kier alpha value is -3.42. The molecule has 0 radical (unpaired) electrons. The first-order valence-electron chi connectivity index (χ1n) is 7.15. The summed E-state index contributed by atoms with van der Waals surface area (Å²) in [6, 6.07) is 7.22. The molecule has 6 nitrogen and oxygen atoms in total. The zero-order valence-electron chi connectivity index (χ0n) is 12.0. The number of halogens is 2. The lowest BCUT2D eigenvalue weighted by molar-refractivity contribution is 0.577. The van der Waals surface area contributed by atoms with Crippen LogP contribution >= 0.6 is 0 Å². The Kier molecular flexibility index (Phi) is 2.47. The van der Waals surface area contributed by atoms with Gasteiger partial charge in [0.2, 0.25) is 0 Å². The number of aliphatic imine (C=N–C) groups is 1. The van der Waals surface area contributed by atoms with Crippen LogP contribution in [0.3, 0.4) is 0 Å². The fraction of sp³-hybridized carbons (Fsp3) is 0. The fourth-order valence-corrected chi connectivity index (χ4v) is 2.90. The van der Waals surface area contributed by atoms with Crippen molar-refractivity contribution in [3.63, 3.8) is 0 Å². The maximum absolute atomic E-state index is 14.4. The molecule has 4 heterocycles. The lowest BCUT2D eigenvalue weighted by Gasteiger charge is -2.14. The molecule has 0 fully saturated rings. The third-order valence-corrected chi connectivity index (χ3v) is 3.95. The van der Waals surface area contributed by atoms with Crippen LogP contribution in [0.5, 0.6) is 0 Å². The predicted octanol–water partition coefficient (Wildman–Crippen LogP) is 2.99. The number of fused-ring (bicyclic) bond motifs is 2. The number of aromatic amines is 1. The van der Waals surface area contributed by atoms with Crippen molar-refractivity contribution in [2.45, 2.75) is 0 Å². The standard InChI is InChI=1S/C16H8F2N6/c17-8-3-1-4-9(18)12(8)16-20-11-7-19-22-13(11)14-15-10(21-23-14)5-2-6-24(15)16/h1-7H,(H,19,22). The number of H-pyrrole nitrogens is 1. The topological polar surface area (TPSA) is 71.8 Å². The summed E-state index contributed by atoms with van der Waals surface area (Å²) in [5.41, 5.74) is 2.54. The Morgan fingerprint density at radius 3 is 2.67 bits per heavy atom. The van der Waals surface area contributed by atoms with Gasteiger partial charge in [0.15, 0.2) is 5.84 Å². The van der Waals surface area contributed by atoms with Gasteiger partial charge in [0, 0.05) is 6.20 Å². The number of benzene rings is 1. The normalized spacial score (nSPS) is 12.8. The van der Waals surface area contributed by atoms with E-state index in [1.54, 1.807) is 22.9 Å². The van der Waals surface area contributed by atoms with Gasteiger partial charge in [-0.15, -0.1) is 10.2 Å². The molecule has 0 saturated carbocycles. The molecule has 24 heavy (non-hydrogen) atoms. The molecule has 0 spiro atoms. The molecular formula is C16H8F2N6. The zero-order valence-corrected chi connectivity index (χ0v) is 12.0. The smallest absolute Gasteiger partial charge is 0.151 e. The van der Waals surface area contributed by atoms with E-state index in [0.717, 1.165) is 0 Å². The Balaban J connectivity index is 1.93. The average Bonchev–Trinajstić information content (AvgIpc) is 3.17. The number of nitrogens with zero attached hydrogens (tertiary/aromatic N) is 5. The van der Waals surface area contributed by atoms with Gasteiger partial charge in [-0.05, 0) is 24.3 Å². The van der Waals surface area contributed by atoms with Crippen LogP contribution in [0, 0.1) is 11.6 Å². The molecule has 1 aromatic carbocycles. The van der Waals surface area contributed by atoms with E-state index in [0.29, 0.717) is 28.5 Å². The van der Waals surface area contributed by atoms with E-state index >= 15 is 0 Å². The van der Waals surface area contributed by atoms with E-state index in [9.17, 15) is 8.78 Å². The number of rotatable bonds is 1. The number of nitrogens with one attached hydrogen (secondary N) is 1. The monoisotopic (exact) mass is 322 g/mol. The first-order chi connectivity index (χ1) is 11.7. The molecule has 0 aliphatic carbocycles. The molecule has 0 atom stereocenters. The van der Waals surface area contributed by atoms with Gasteiger partial charge in [0.25, 0.3) is 0 Å². The summed E-state index contributed by atoms with van der Waals surface area (Å²) in [5, 5.41) is 15.1. The molecule has 8 heteroatoms. The van der Waals surface area contributed by atoms with Gasteiger partial charge in [-0.2, -0.15) is 5.10 Å². The molecule has 3 aliphatic rings. The molecule has 0 saturated heterocycles. The highest BCUT2D eigenvalue weighted by molar-refractivity contribution is 6.07. The molecule has 0 amide bonds. The maximum Gasteiger partial charge on any atom is 0.151 e. The van der Waals surface area contributed by atoms with Crippen molar-refractivity contribution in [1.82, 2.24) is 25.0 Å². The van der Waals surface area contributed by atoms with Crippen LogP contribution in [-0.4, -0.2) is 30.8 Å². The Labute approximate surface area is 133 Å². The molecule has 1 aromatic heterocycles. The van der Waals surface area contributed by atoms with Crippen LogP contribution in [0.25, 0.3) is 22.8 Å². The minimum Gasteiger partial charge on any atom is -0.297 e. The lowest BCUT2D eigenvalue weighted by Crippen LogP contribution is -2.18. The number of pyridine rings is 1. The molecule has 0 unspecified atom stereocenters. The van der Waals surface area contributed by atoms with E-state index in [2.05, 4.69) is 25.4 Å². The largest absolute Gasteiger partial charge is 0.297 e. The van der Waals surface area contributed by atoms with Crippen molar-refractivity contribution in [1.29, 1.82) is 0 Å².